The minimum Gasteiger partial charge on any atom is -0.202 e. The topological polar surface area (TPSA) is 58.2 Å². The van der Waals surface area contributed by atoms with Crippen molar-refractivity contribution in [2.45, 2.75) is 41.5 Å². The Morgan fingerprint density at radius 3 is 1.27 bits per heavy atom. The zero-order chi connectivity index (χ0) is 12.3. The molecule has 0 fully saturated rings. The molecular formula is C10H24N2O2S. The molecule has 0 radical (unpaired) electrons. The first-order valence-corrected chi connectivity index (χ1v) is 6.64. The molecule has 0 saturated heterocycles. The van der Waals surface area contributed by atoms with E-state index in [4.69, 9.17) is 0 Å². The Hall–Kier alpha value is -0.130. The third kappa shape index (κ3) is 10.2. The van der Waals surface area contributed by atoms with Crippen LogP contribution in [0.3, 0.4) is 0 Å². The van der Waals surface area contributed by atoms with Crippen LogP contribution in [0.2, 0.25) is 0 Å². The van der Waals surface area contributed by atoms with Crippen LogP contribution in [-0.2, 0) is 10.2 Å². The average Bonchev–Trinajstić information content (AvgIpc) is 1.96. The van der Waals surface area contributed by atoms with Crippen molar-refractivity contribution in [1.82, 2.24) is 9.44 Å². The summed E-state index contributed by atoms with van der Waals surface area (Å²) in [5.41, 5.74) is -0.0903. The molecule has 0 aromatic carbocycles. The van der Waals surface area contributed by atoms with Gasteiger partial charge in [0.05, 0.1) is 0 Å². The minimum absolute atomic E-state index is 0.0452. The molecule has 0 saturated carbocycles. The second-order valence-electron chi connectivity index (χ2n) is 6.27. The highest BCUT2D eigenvalue weighted by Gasteiger charge is 2.18. The maximum absolute atomic E-state index is 11.5. The monoisotopic (exact) mass is 236 g/mol. The number of hydrogen-bond donors (Lipinski definition) is 2. The van der Waals surface area contributed by atoms with Crippen LogP contribution in [-0.4, -0.2) is 21.5 Å². The second-order valence-corrected chi connectivity index (χ2v) is 7.85. The Bertz CT molecular complexity index is 260. The van der Waals surface area contributed by atoms with Gasteiger partial charge in [0, 0.05) is 13.1 Å². The summed E-state index contributed by atoms with van der Waals surface area (Å²) in [7, 11) is -3.35. The van der Waals surface area contributed by atoms with Crippen LogP contribution in [0, 0.1) is 10.8 Å². The zero-order valence-electron chi connectivity index (χ0n) is 10.6. The fourth-order valence-corrected chi connectivity index (χ4v) is 2.02. The first-order valence-electron chi connectivity index (χ1n) is 5.16. The molecule has 2 N–H and O–H groups in total. The van der Waals surface area contributed by atoms with Crippen LogP contribution in [0.5, 0.6) is 0 Å². The van der Waals surface area contributed by atoms with Gasteiger partial charge in [-0.05, 0) is 10.8 Å². The van der Waals surface area contributed by atoms with Gasteiger partial charge >= 0.3 is 0 Å². The van der Waals surface area contributed by atoms with Crippen LogP contribution in [0.15, 0.2) is 0 Å². The van der Waals surface area contributed by atoms with E-state index in [0.29, 0.717) is 13.1 Å². The van der Waals surface area contributed by atoms with Crippen molar-refractivity contribution < 1.29 is 8.42 Å². The Kier molecular flexibility index (Phi) is 4.76. The van der Waals surface area contributed by atoms with Crippen molar-refractivity contribution in [3.8, 4) is 0 Å². The molecule has 0 amide bonds. The Balaban J connectivity index is 4.11. The molecule has 0 bridgehead atoms. The SMILES string of the molecule is CC(C)(C)CNS(=O)(=O)NCC(C)(C)C. The highest BCUT2D eigenvalue weighted by Crippen LogP contribution is 2.12. The van der Waals surface area contributed by atoms with E-state index in [1.54, 1.807) is 0 Å². The minimum atomic E-state index is -3.35. The van der Waals surface area contributed by atoms with Gasteiger partial charge in [-0.2, -0.15) is 8.42 Å². The molecule has 15 heavy (non-hydrogen) atoms. The van der Waals surface area contributed by atoms with Gasteiger partial charge in [-0.3, -0.25) is 0 Å². The molecule has 0 aromatic rings. The number of nitrogens with one attached hydrogen (secondary N) is 2. The van der Waals surface area contributed by atoms with E-state index in [2.05, 4.69) is 9.44 Å². The molecule has 4 nitrogen and oxygen atoms in total. The summed E-state index contributed by atoms with van der Waals surface area (Å²) in [4.78, 5) is 0. The fraction of sp³-hybridized carbons (Fsp3) is 1.00. The summed E-state index contributed by atoms with van der Waals surface area (Å²) < 4.78 is 28.1. The smallest absolute Gasteiger partial charge is 0.202 e. The molecule has 0 spiro atoms. The van der Waals surface area contributed by atoms with Gasteiger partial charge in [0.15, 0.2) is 0 Å². The van der Waals surface area contributed by atoms with Crippen molar-refractivity contribution in [3.05, 3.63) is 0 Å². The van der Waals surface area contributed by atoms with Crippen LogP contribution in [0.4, 0.5) is 0 Å². The van der Waals surface area contributed by atoms with Crippen molar-refractivity contribution in [2.24, 2.45) is 10.8 Å². The molecule has 0 heterocycles. The largest absolute Gasteiger partial charge is 0.276 e. The highest BCUT2D eigenvalue weighted by atomic mass is 32.2. The van der Waals surface area contributed by atoms with E-state index in [-0.39, 0.29) is 10.8 Å². The molecule has 0 aromatic heterocycles. The van der Waals surface area contributed by atoms with Crippen LogP contribution >= 0.6 is 0 Å². The van der Waals surface area contributed by atoms with Crippen molar-refractivity contribution in [2.75, 3.05) is 13.1 Å². The van der Waals surface area contributed by atoms with Gasteiger partial charge in [-0.25, -0.2) is 9.44 Å². The van der Waals surface area contributed by atoms with E-state index < -0.39 is 10.2 Å². The van der Waals surface area contributed by atoms with Crippen LogP contribution in [0.25, 0.3) is 0 Å². The fourth-order valence-electron chi connectivity index (χ4n) is 0.674. The van der Waals surface area contributed by atoms with Gasteiger partial charge in [0.2, 0.25) is 0 Å². The third-order valence-corrected chi connectivity index (χ3v) is 2.63. The second kappa shape index (κ2) is 4.80. The van der Waals surface area contributed by atoms with E-state index in [1.165, 1.54) is 0 Å². The summed E-state index contributed by atoms with van der Waals surface area (Å²) in [6, 6.07) is 0. The molecule has 0 unspecified atom stereocenters. The maximum atomic E-state index is 11.5. The summed E-state index contributed by atoms with van der Waals surface area (Å²) in [5, 5.41) is 0. The van der Waals surface area contributed by atoms with Gasteiger partial charge in [0.1, 0.15) is 0 Å². The lowest BCUT2D eigenvalue weighted by atomic mass is 9.98. The third-order valence-electron chi connectivity index (χ3n) is 1.59. The molecule has 0 rings (SSSR count). The van der Waals surface area contributed by atoms with Gasteiger partial charge in [-0.1, -0.05) is 41.5 Å². The predicted octanol–water partition coefficient (Wildman–Crippen LogP) is 1.50. The number of rotatable bonds is 4. The average molecular weight is 236 g/mol. The summed E-state index contributed by atoms with van der Waals surface area (Å²) >= 11 is 0. The van der Waals surface area contributed by atoms with E-state index in [0.717, 1.165) is 0 Å². The van der Waals surface area contributed by atoms with E-state index in [9.17, 15) is 8.42 Å². The van der Waals surface area contributed by atoms with Gasteiger partial charge in [-0.15, -0.1) is 0 Å². The van der Waals surface area contributed by atoms with Gasteiger partial charge < -0.3 is 0 Å². The van der Waals surface area contributed by atoms with E-state index in [1.807, 2.05) is 41.5 Å². The zero-order valence-corrected chi connectivity index (χ0v) is 11.5. The Morgan fingerprint density at radius 1 is 0.800 bits per heavy atom. The summed E-state index contributed by atoms with van der Waals surface area (Å²) in [6.45, 7) is 12.8. The highest BCUT2D eigenvalue weighted by molar-refractivity contribution is 7.87. The Morgan fingerprint density at radius 2 is 1.07 bits per heavy atom. The van der Waals surface area contributed by atoms with E-state index >= 15 is 0 Å². The van der Waals surface area contributed by atoms with Crippen molar-refractivity contribution >= 4 is 10.2 Å². The maximum Gasteiger partial charge on any atom is 0.276 e. The number of hydrogen-bond acceptors (Lipinski definition) is 2. The first kappa shape index (κ1) is 14.9. The lowest BCUT2D eigenvalue weighted by Gasteiger charge is -2.22. The van der Waals surface area contributed by atoms with Crippen LogP contribution in [0.1, 0.15) is 41.5 Å². The summed E-state index contributed by atoms with van der Waals surface area (Å²) in [5.74, 6) is 0. The van der Waals surface area contributed by atoms with Crippen LogP contribution < -0.4 is 9.44 Å². The summed E-state index contributed by atoms with van der Waals surface area (Å²) in [6.07, 6.45) is 0. The lowest BCUT2D eigenvalue weighted by Crippen LogP contribution is -2.43. The molecule has 0 aliphatic rings. The molecule has 92 valence electrons. The van der Waals surface area contributed by atoms with Crippen molar-refractivity contribution in [3.63, 3.8) is 0 Å². The molecular weight excluding hydrogens is 212 g/mol. The molecule has 0 atom stereocenters. The van der Waals surface area contributed by atoms with Crippen molar-refractivity contribution in [1.29, 1.82) is 0 Å². The molecule has 5 heteroatoms. The predicted molar refractivity (Wildman–Crippen MR) is 63.8 cm³/mol. The molecule has 0 aliphatic carbocycles. The molecule has 0 aliphatic heterocycles. The lowest BCUT2D eigenvalue weighted by molar-refractivity contribution is 0.392. The standard InChI is InChI=1S/C10H24N2O2S/c1-9(2,3)7-11-15(13,14)12-8-10(4,5)6/h11-12H,7-8H2,1-6H3. The normalized spacial score (nSPS) is 14.3. The Labute approximate surface area is 94.0 Å². The van der Waals surface area contributed by atoms with Gasteiger partial charge in [0.25, 0.3) is 10.2 Å². The quantitative estimate of drug-likeness (QED) is 0.777. The first-order chi connectivity index (χ1) is 6.41.